The molecule has 1 fully saturated rings. The SMILES string of the molecule is CC[C@@H]1CN(C)C[C@H]1c1ccc(C)cc1. The van der Waals surface area contributed by atoms with Crippen molar-refractivity contribution in [2.45, 2.75) is 26.2 Å². The lowest BCUT2D eigenvalue weighted by Gasteiger charge is -2.17. The molecule has 0 amide bonds. The summed E-state index contributed by atoms with van der Waals surface area (Å²) in [6.07, 6.45) is 1.29. The van der Waals surface area contributed by atoms with Crippen LogP contribution in [0.3, 0.4) is 0 Å². The van der Waals surface area contributed by atoms with Crippen LogP contribution in [0.4, 0.5) is 0 Å². The van der Waals surface area contributed by atoms with Gasteiger partial charge in [0.05, 0.1) is 0 Å². The van der Waals surface area contributed by atoms with E-state index in [1.54, 1.807) is 0 Å². The van der Waals surface area contributed by atoms with Gasteiger partial charge >= 0.3 is 0 Å². The van der Waals surface area contributed by atoms with Crippen LogP contribution >= 0.6 is 0 Å². The van der Waals surface area contributed by atoms with Gasteiger partial charge in [-0.3, -0.25) is 0 Å². The minimum absolute atomic E-state index is 0.751. The van der Waals surface area contributed by atoms with Crippen LogP contribution in [-0.2, 0) is 0 Å². The number of likely N-dealkylation sites (tertiary alicyclic amines) is 1. The Kier molecular flexibility index (Phi) is 3.11. The summed E-state index contributed by atoms with van der Waals surface area (Å²) in [6, 6.07) is 9.09. The highest BCUT2D eigenvalue weighted by atomic mass is 15.1. The van der Waals surface area contributed by atoms with Crippen molar-refractivity contribution in [3.63, 3.8) is 0 Å². The van der Waals surface area contributed by atoms with Crippen LogP contribution < -0.4 is 0 Å². The molecule has 2 rings (SSSR count). The minimum atomic E-state index is 0.751. The zero-order valence-corrected chi connectivity index (χ0v) is 10.0. The van der Waals surface area contributed by atoms with E-state index in [1.807, 2.05) is 0 Å². The van der Waals surface area contributed by atoms with E-state index >= 15 is 0 Å². The van der Waals surface area contributed by atoms with Crippen molar-refractivity contribution in [1.29, 1.82) is 0 Å². The first kappa shape index (κ1) is 10.7. The third-order valence-corrected chi connectivity index (χ3v) is 3.65. The van der Waals surface area contributed by atoms with E-state index in [1.165, 1.54) is 30.6 Å². The molecule has 0 aromatic heterocycles. The van der Waals surface area contributed by atoms with Crippen LogP contribution in [-0.4, -0.2) is 25.0 Å². The number of aryl methyl sites for hydroxylation is 1. The molecular formula is C14H21N. The van der Waals surface area contributed by atoms with Crippen LogP contribution in [0.25, 0.3) is 0 Å². The van der Waals surface area contributed by atoms with Gasteiger partial charge < -0.3 is 4.90 Å². The monoisotopic (exact) mass is 203 g/mol. The van der Waals surface area contributed by atoms with Crippen molar-refractivity contribution in [2.24, 2.45) is 5.92 Å². The van der Waals surface area contributed by atoms with E-state index in [0.29, 0.717) is 0 Å². The maximum Gasteiger partial charge on any atom is 0.00505 e. The number of hydrogen-bond donors (Lipinski definition) is 0. The first-order valence-corrected chi connectivity index (χ1v) is 5.95. The van der Waals surface area contributed by atoms with Crippen LogP contribution in [0.2, 0.25) is 0 Å². The number of rotatable bonds is 2. The van der Waals surface area contributed by atoms with Gasteiger partial charge in [-0.2, -0.15) is 0 Å². The van der Waals surface area contributed by atoms with Gasteiger partial charge in [0.1, 0.15) is 0 Å². The first-order valence-electron chi connectivity index (χ1n) is 5.95. The molecule has 0 aliphatic carbocycles. The normalized spacial score (nSPS) is 27.1. The van der Waals surface area contributed by atoms with Crippen LogP contribution in [0.5, 0.6) is 0 Å². The average Bonchev–Trinajstić information content (AvgIpc) is 2.61. The smallest absolute Gasteiger partial charge is 0.00505 e. The number of hydrogen-bond acceptors (Lipinski definition) is 1. The van der Waals surface area contributed by atoms with E-state index in [9.17, 15) is 0 Å². The Balaban J connectivity index is 2.19. The highest BCUT2D eigenvalue weighted by Gasteiger charge is 2.30. The molecule has 1 aliphatic heterocycles. The molecule has 1 aliphatic rings. The Morgan fingerprint density at radius 1 is 1.20 bits per heavy atom. The van der Waals surface area contributed by atoms with Crippen LogP contribution in [0, 0.1) is 12.8 Å². The predicted molar refractivity (Wildman–Crippen MR) is 65.2 cm³/mol. The quantitative estimate of drug-likeness (QED) is 0.714. The molecule has 0 N–H and O–H groups in total. The topological polar surface area (TPSA) is 3.24 Å². The van der Waals surface area contributed by atoms with Gasteiger partial charge in [-0.1, -0.05) is 43.2 Å². The zero-order chi connectivity index (χ0) is 10.8. The van der Waals surface area contributed by atoms with Crippen molar-refractivity contribution < 1.29 is 0 Å². The van der Waals surface area contributed by atoms with E-state index in [4.69, 9.17) is 0 Å². The summed E-state index contributed by atoms with van der Waals surface area (Å²) in [7, 11) is 2.23. The molecule has 0 bridgehead atoms. The van der Waals surface area contributed by atoms with Gasteiger partial charge in [0, 0.05) is 19.0 Å². The molecule has 0 saturated carbocycles. The van der Waals surface area contributed by atoms with Gasteiger partial charge in [0.2, 0.25) is 0 Å². The molecule has 0 spiro atoms. The fourth-order valence-corrected chi connectivity index (χ4v) is 2.69. The van der Waals surface area contributed by atoms with E-state index in [0.717, 1.165) is 11.8 Å². The lowest BCUT2D eigenvalue weighted by molar-refractivity contribution is 0.392. The first-order chi connectivity index (χ1) is 7.20. The standard InChI is InChI=1S/C14H21N/c1-4-12-9-15(3)10-14(12)13-7-5-11(2)6-8-13/h5-8,12,14H,4,9-10H2,1-3H3/t12-,14-/m1/s1. The van der Waals surface area contributed by atoms with Crippen molar-refractivity contribution in [2.75, 3.05) is 20.1 Å². The lowest BCUT2D eigenvalue weighted by atomic mass is 9.87. The molecule has 82 valence electrons. The van der Waals surface area contributed by atoms with E-state index < -0.39 is 0 Å². The molecule has 0 unspecified atom stereocenters. The maximum atomic E-state index is 2.46. The zero-order valence-electron chi connectivity index (χ0n) is 10.0. The average molecular weight is 203 g/mol. The molecule has 1 heterocycles. The summed E-state index contributed by atoms with van der Waals surface area (Å²) in [5.41, 5.74) is 2.88. The third kappa shape index (κ3) is 2.23. The van der Waals surface area contributed by atoms with Gasteiger partial charge in [-0.15, -0.1) is 0 Å². The fourth-order valence-electron chi connectivity index (χ4n) is 2.69. The Labute approximate surface area is 93.1 Å². The summed E-state index contributed by atoms with van der Waals surface area (Å²) >= 11 is 0. The molecule has 1 saturated heterocycles. The molecule has 15 heavy (non-hydrogen) atoms. The summed E-state index contributed by atoms with van der Waals surface area (Å²) in [4.78, 5) is 2.46. The summed E-state index contributed by atoms with van der Waals surface area (Å²) < 4.78 is 0. The van der Waals surface area contributed by atoms with E-state index in [2.05, 4.69) is 50.1 Å². The Hall–Kier alpha value is -0.820. The van der Waals surface area contributed by atoms with Crippen molar-refractivity contribution in [3.05, 3.63) is 35.4 Å². The Morgan fingerprint density at radius 2 is 1.87 bits per heavy atom. The van der Waals surface area contributed by atoms with Crippen molar-refractivity contribution >= 4 is 0 Å². The summed E-state index contributed by atoms with van der Waals surface area (Å²) in [6.45, 7) is 6.95. The minimum Gasteiger partial charge on any atom is -0.305 e. The molecule has 2 atom stereocenters. The van der Waals surface area contributed by atoms with Gasteiger partial charge in [0.15, 0.2) is 0 Å². The molecule has 1 aromatic rings. The second-order valence-electron chi connectivity index (χ2n) is 4.91. The van der Waals surface area contributed by atoms with Gasteiger partial charge in [0.25, 0.3) is 0 Å². The van der Waals surface area contributed by atoms with Crippen molar-refractivity contribution in [3.8, 4) is 0 Å². The predicted octanol–water partition coefficient (Wildman–Crippen LogP) is 3.05. The van der Waals surface area contributed by atoms with Crippen LogP contribution in [0.1, 0.15) is 30.4 Å². The highest BCUT2D eigenvalue weighted by molar-refractivity contribution is 5.26. The molecule has 1 heteroatoms. The maximum absolute atomic E-state index is 2.46. The second kappa shape index (κ2) is 4.36. The van der Waals surface area contributed by atoms with Crippen LogP contribution in [0.15, 0.2) is 24.3 Å². The number of likely N-dealkylation sites (N-methyl/N-ethyl adjacent to an activating group) is 1. The second-order valence-corrected chi connectivity index (χ2v) is 4.91. The molecule has 1 aromatic carbocycles. The lowest BCUT2D eigenvalue weighted by Crippen LogP contribution is -2.13. The molecule has 0 radical (unpaired) electrons. The third-order valence-electron chi connectivity index (χ3n) is 3.65. The Morgan fingerprint density at radius 3 is 2.47 bits per heavy atom. The number of benzene rings is 1. The fraction of sp³-hybridized carbons (Fsp3) is 0.571. The molecule has 1 nitrogen and oxygen atoms in total. The van der Waals surface area contributed by atoms with E-state index in [-0.39, 0.29) is 0 Å². The van der Waals surface area contributed by atoms with Gasteiger partial charge in [-0.05, 0) is 25.5 Å². The molecular weight excluding hydrogens is 182 g/mol. The largest absolute Gasteiger partial charge is 0.305 e. The number of nitrogens with zero attached hydrogens (tertiary/aromatic N) is 1. The summed E-state index contributed by atoms with van der Waals surface area (Å²) in [5.74, 6) is 1.60. The highest BCUT2D eigenvalue weighted by Crippen LogP contribution is 2.33. The Bertz CT molecular complexity index is 315. The van der Waals surface area contributed by atoms with Gasteiger partial charge in [-0.25, -0.2) is 0 Å². The summed E-state index contributed by atoms with van der Waals surface area (Å²) in [5, 5.41) is 0. The van der Waals surface area contributed by atoms with Crippen molar-refractivity contribution in [1.82, 2.24) is 4.90 Å².